The first-order valence-electron chi connectivity index (χ1n) is 12.3. The number of carbonyl (C=O) groups is 2. The van der Waals surface area contributed by atoms with Crippen LogP contribution in [-0.4, -0.2) is 50.4 Å². The van der Waals surface area contributed by atoms with E-state index >= 15 is 0 Å². The topological polar surface area (TPSA) is 98.4 Å². The molecule has 2 N–H and O–H groups in total. The first-order valence-corrected chi connectivity index (χ1v) is 12.3. The molecule has 1 saturated heterocycles. The lowest BCUT2D eigenvalue weighted by atomic mass is 10.1. The maximum Gasteiger partial charge on any atom is 0.259 e. The van der Waals surface area contributed by atoms with Crippen LogP contribution in [0.4, 0.5) is 11.4 Å². The summed E-state index contributed by atoms with van der Waals surface area (Å²) < 4.78 is 22.3. The Kier molecular flexibility index (Phi) is 8.77. The molecule has 194 valence electrons. The predicted octanol–water partition coefficient (Wildman–Crippen LogP) is 5.08. The van der Waals surface area contributed by atoms with Gasteiger partial charge in [0.1, 0.15) is 30.8 Å². The minimum atomic E-state index is -0.313. The van der Waals surface area contributed by atoms with Crippen LogP contribution in [0.15, 0.2) is 66.7 Å². The van der Waals surface area contributed by atoms with Gasteiger partial charge in [-0.1, -0.05) is 30.3 Å². The zero-order valence-electron chi connectivity index (χ0n) is 21.3. The van der Waals surface area contributed by atoms with Gasteiger partial charge in [0, 0.05) is 18.0 Å². The van der Waals surface area contributed by atoms with Crippen molar-refractivity contribution in [3.05, 3.63) is 83.4 Å². The summed E-state index contributed by atoms with van der Waals surface area (Å²) in [7, 11) is 0. The predicted molar refractivity (Wildman–Crippen MR) is 142 cm³/mol. The van der Waals surface area contributed by atoms with E-state index in [1.807, 2.05) is 39.0 Å². The molecule has 0 aliphatic carbocycles. The number of amides is 2. The molecule has 0 aromatic heterocycles. The standard InChI is InChI=1S/C29H32N2O6/c1-4-34-20(3)16-36-26-11-7-6-10-24(26)29(33)31-25-15-21(14-13-19(25)2)30-28(32)23-9-5-8-12-27(23)37-18-22-17-35-22/h5-15,20,22H,4,16-18H2,1-3H3,(H,30,32)(H,31,33). The zero-order chi connectivity index (χ0) is 26.2. The van der Waals surface area contributed by atoms with Gasteiger partial charge in [-0.2, -0.15) is 0 Å². The van der Waals surface area contributed by atoms with Crippen molar-refractivity contribution in [1.82, 2.24) is 0 Å². The Balaban J connectivity index is 1.45. The zero-order valence-corrected chi connectivity index (χ0v) is 21.3. The van der Waals surface area contributed by atoms with E-state index in [-0.39, 0.29) is 24.0 Å². The monoisotopic (exact) mass is 504 g/mol. The summed E-state index contributed by atoms with van der Waals surface area (Å²) in [5.74, 6) is 0.344. The number of hydrogen-bond donors (Lipinski definition) is 2. The second-order valence-electron chi connectivity index (χ2n) is 8.77. The third-order valence-electron chi connectivity index (χ3n) is 5.76. The summed E-state index contributed by atoms with van der Waals surface area (Å²) in [5, 5.41) is 5.84. The lowest BCUT2D eigenvalue weighted by Gasteiger charge is -2.16. The molecule has 3 aromatic carbocycles. The highest BCUT2D eigenvalue weighted by Crippen LogP contribution is 2.26. The molecule has 8 heteroatoms. The molecule has 37 heavy (non-hydrogen) atoms. The second kappa shape index (κ2) is 12.4. The number of epoxide rings is 1. The fraction of sp³-hybridized carbons (Fsp3) is 0.310. The third kappa shape index (κ3) is 7.31. The number of nitrogens with one attached hydrogen (secondary N) is 2. The van der Waals surface area contributed by atoms with Gasteiger partial charge in [0.15, 0.2) is 0 Å². The van der Waals surface area contributed by atoms with Crippen molar-refractivity contribution in [2.24, 2.45) is 0 Å². The van der Waals surface area contributed by atoms with E-state index in [1.165, 1.54) is 0 Å². The minimum absolute atomic E-state index is 0.0861. The highest BCUT2D eigenvalue weighted by molar-refractivity contribution is 6.08. The summed E-state index contributed by atoms with van der Waals surface area (Å²) in [5.41, 5.74) is 2.80. The van der Waals surface area contributed by atoms with E-state index in [2.05, 4.69) is 10.6 Å². The number of rotatable bonds is 12. The summed E-state index contributed by atoms with van der Waals surface area (Å²) in [6.45, 7) is 7.73. The van der Waals surface area contributed by atoms with Gasteiger partial charge in [0.05, 0.1) is 23.8 Å². The number of anilines is 2. The summed E-state index contributed by atoms with van der Waals surface area (Å²) >= 11 is 0. The molecule has 0 saturated carbocycles. The smallest absolute Gasteiger partial charge is 0.259 e. The molecule has 0 radical (unpaired) electrons. The lowest BCUT2D eigenvalue weighted by Crippen LogP contribution is -2.20. The summed E-state index contributed by atoms with van der Waals surface area (Å²) in [4.78, 5) is 26.2. The molecule has 4 rings (SSSR count). The Labute approximate surface area is 216 Å². The van der Waals surface area contributed by atoms with Gasteiger partial charge in [-0.15, -0.1) is 0 Å². The molecule has 0 spiro atoms. The number of carbonyl (C=O) groups excluding carboxylic acids is 2. The van der Waals surface area contributed by atoms with Gasteiger partial charge >= 0.3 is 0 Å². The molecule has 3 aromatic rings. The maximum absolute atomic E-state index is 13.2. The molecule has 8 nitrogen and oxygen atoms in total. The molecule has 2 unspecified atom stereocenters. The Morgan fingerprint density at radius 2 is 1.57 bits per heavy atom. The van der Waals surface area contributed by atoms with Crippen LogP contribution in [0.2, 0.25) is 0 Å². The Bertz CT molecular complexity index is 1240. The first-order chi connectivity index (χ1) is 17.9. The minimum Gasteiger partial charge on any atom is -0.490 e. The maximum atomic E-state index is 13.2. The van der Waals surface area contributed by atoms with Crippen molar-refractivity contribution in [3.8, 4) is 11.5 Å². The van der Waals surface area contributed by atoms with Gasteiger partial charge in [0.2, 0.25) is 0 Å². The average Bonchev–Trinajstić information content (AvgIpc) is 3.73. The van der Waals surface area contributed by atoms with E-state index in [9.17, 15) is 9.59 Å². The Morgan fingerprint density at radius 3 is 2.22 bits per heavy atom. The lowest BCUT2D eigenvalue weighted by molar-refractivity contribution is 0.0399. The highest BCUT2D eigenvalue weighted by atomic mass is 16.6. The first kappa shape index (κ1) is 26.2. The average molecular weight is 505 g/mol. The van der Waals surface area contributed by atoms with Crippen LogP contribution in [0.5, 0.6) is 11.5 Å². The molecule has 2 atom stereocenters. The Hall–Kier alpha value is -3.88. The number of ether oxygens (including phenoxy) is 4. The molecular weight excluding hydrogens is 472 g/mol. The van der Waals surface area contributed by atoms with Gasteiger partial charge in [-0.3, -0.25) is 9.59 Å². The van der Waals surface area contributed by atoms with Gasteiger partial charge in [0.25, 0.3) is 11.8 Å². The second-order valence-corrected chi connectivity index (χ2v) is 8.77. The van der Waals surface area contributed by atoms with E-state index in [0.29, 0.717) is 60.4 Å². The van der Waals surface area contributed by atoms with Gasteiger partial charge < -0.3 is 29.6 Å². The fourth-order valence-corrected chi connectivity index (χ4v) is 3.67. The van der Waals surface area contributed by atoms with E-state index in [4.69, 9.17) is 18.9 Å². The summed E-state index contributed by atoms with van der Waals surface area (Å²) in [6, 6.07) is 19.5. The van der Waals surface area contributed by atoms with Crippen LogP contribution in [0.1, 0.15) is 40.1 Å². The number of hydrogen-bond acceptors (Lipinski definition) is 6. The van der Waals surface area contributed by atoms with Crippen molar-refractivity contribution in [2.45, 2.75) is 33.0 Å². The molecule has 1 aliphatic heterocycles. The van der Waals surface area contributed by atoms with Gasteiger partial charge in [-0.05, 0) is 62.7 Å². The van der Waals surface area contributed by atoms with E-state index in [1.54, 1.807) is 48.5 Å². The molecule has 0 bridgehead atoms. The molecule has 2 amide bonds. The van der Waals surface area contributed by atoms with Crippen LogP contribution in [0.25, 0.3) is 0 Å². The van der Waals surface area contributed by atoms with Crippen molar-refractivity contribution >= 4 is 23.2 Å². The van der Waals surface area contributed by atoms with Crippen LogP contribution >= 0.6 is 0 Å². The van der Waals surface area contributed by atoms with Crippen LogP contribution in [-0.2, 0) is 9.47 Å². The normalized spacial score (nSPS) is 14.9. The molecular formula is C29H32N2O6. The van der Waals surface area contributed by atoms with Crippen molar-refractivity contribution in [2.75, 3.05) is 37.1 Å². The van der Waals surface area contributed by atoms with Crippen LogP contribution < -0.4 is 20.1 Å². The number of para-hydroxylation sites is 2. The molecule has 1 heterocycles. The van der Waals surface area contributed by atoms with Crippen LogP contribution in [0, 0.1) is 6.92 Å². The Morgan fingerprint density at radius 1 is 0.946 bits per heavy atom. The SMILES string of the molecule is CCOC(C)COc1ccccc1C(=O)Nc1cc(NC(=O)c2ccccc2OCC2CO2)ccc1C. The van der Waals surface area contributed by atoms with Crippen molar-refractivity contribution in [1.29, 1.82) is 0 Å². The quantitative estimate of drug-likeness (QED) is 0.334. The van der Waals surface area contributed by atoms with Crippen LogP contribution in [0.3, 0.4) is 0 Å². The summed E-state index contributed by atoms with van der Waals surface area (Å²) in [6.07, 6.45) is -0.00999. The van der Waals surface area contributed by atoms with Crippen molar-refractivity contribution in [3.63, 3.8) is 0 Å². The molecule has 1 fully saturated rings. The van der Waals surface area contributed by atoms with E-state index in [0.717, 1.165) is 5.56 Å². The van der Waals surface area contributed by atoms with Crippen molar-refractivity contribution < 1.29 is 28.5 Å². The highest BCUT2D eigenvalue weighted by Gasteiger charge is 2.24. The molecule has 1 aliphatic rings. The number of benzene rings is 3. The fourth-order valence-electron chi connectivity index (χ4n) is 3.67. The number of aryl methyl sites for hydroxylation is 1. The van der Waals surface area contributed by atoms with Gasteiger partial charge in [-0.25, -0.2) is 0 Å². The third-order valence-corrected chi connectivity index (χ3v) is 5.76. The van der Waals surface area contributed by atoms with E-state index < -0.39 is 0 Å². The largest absolute Gasteiger partial charge is 0.490 e.